The van der Waals surface area contributed by atoms with Gasteiger partial charge in [0.2, 0.25) is 11.5 Å². The van der Waals surface area contributed by atoms with Crippen LogP contribution in [-0.4, -0.2) is 35.0 Å². The Morgan fingerprint density at radius 3 is 2.55 bits per heavy atom. The second-order valence-corrected chi connectivity index (χ2v) is 6.08. The van der Waals surface area contributed by atoms with Crippen LogP contribution in [0.1, 0.15) is 37.2 Å². The number of hydrogen-bond donors (Lipinski definition) is 0. The summed E-state index contributed by atoms with van der Waals surface area (Å²) >= 11 is 0. The van der Waals surface area contributed by atoms with Crippen LogP contribution in [0.25, 0.3) is 11.3 Å². The first-order chi connectivity index (χ1) is 10.7. The molecule has 0 bridgehead atoms. The zero-order chi connectivity index (χ0) is 15.5. The standard InChI is InChI=1S/C18H22N2O2/c1-13(14(2)20-10-6-7-11-20)18(21)17-12-16(19-22-17)15-8-4-3-5-9-15/h3-5,8-9,12-14H,6-7,10-11H2,1-2H3. The lowest BCUT2D eigenvalue weighted by molar-refractivity contribution is 0.0808. The minimum absolute atomic E-state index is 0.0362. The van der Waals surface area contributed by atoms with Gasteiger partial charge in [0.25, 0.3) is 0 Å². The summed E-state index contributed by atoms with van der Waals surface area (Å²) in [6, 6.07) is 11.8. The van der Waals surface area contributed by atoms with Crippen molar-refractivity contribution >= 4 is 5.78 Å². The third kappa shape index (κ3) is 2.97. The molecule has 0 N–H and O–H groups in total. The van der Waals surface area contributed by atoms with Crippen molar-refractivity contribution in [1.29, 1.82) is 0 Å². The van der Waals surface area contributed by atoms with Crippen molar-refractivity contribution in [2.24, 2.45) is 5.92 Å². The van der Waals surface area contributed by atoms with E-state index in [0.717, 1.165) is 18.7 Å². The Bertz CT molecular complexity index is 630. The predicted molar refractivity (Wildman–Crippen MR) is 85.7 cm³/mol. The van der Waals surface area contributed by atoms with Crippen LogP contribution in [0.15, 0.2) is 40.9 Å². The summed E-state index contributed by atoms with van der Waals surface area (Å²) in [7, 11) is 0. The highest BCUT2D eigenvalue weighted by atomic mass is 16.5. The predicted octanol–water partition coefficient (Wildman–Crippen LogP) is 3.64. The first kappa shape index (κ1) is 15.0. The summed E-state index contributed by atoms with van der Waals surface area (Å²) in [6.07, 6.45) is 2.46. The van der Waals surface area contributed by atoms with Gasteiger partial charge in [-0.2, -0.15) is 0 Å². The lowest BCUT2D eigenvalue weighted by atomic mass is 9.95. The molecule has 1 saturated heterocycles. The van der Waals surface area contributed by atoms with Gasteiger partial charge in [-0.3, -0.25) is 9.69 Å². The van der Waals surface area contributed by atoms with E-state index >= 15 is 0 Å². The first-order valence-electron chi connectivity index (χ1n) is 7.97. The van der Waals surface area contributed by atoms with E-state index in [9.17, 15) is 4.79 Å². The Labute approximate surface area is 131 Å². The molecule has 4 nitrogen and oxygen atoms in total. The molecule has 0 amide bonds. The molecule has 116 valence electrons. The van der Waals surface area contributed by atoms with Crippen LogP contribution in [-0.2, 0) is 0 Å². The van der Waals surface area contributed by atoms with Gasteiger partial charge in [-0.05, 0) is 32.9 Å². The van der Waals surface area contributed by atoms with E-state index in [1.54, 1.807) is 6.07 Å². The number of nitrogens with zero attached hydrogens (tertiary/aromatic N) is 2. The van der Waals surface area contributed by atoms with Crippen LogP contribution in [0.4, 0.5) is 0 Å². The first-order valence-corrected chi connectivity index (χ1v) is 7.97. The highest BCUT2D eigenvalue weighted by molar-refractivity contribution is 5.96. The Balaban J connectivity index is 1.73. The summed E-state index contributed by atoms with van der Waals surface area (Å²) < 4.78 is 5.30. The van der Waals surface area contributed by atoms with Gasteiger partial charge in [-0.25, -0.2) is 0 Å². The number of likely N-dealkylation sites (tertiary alicyclic amines) is 1. The van der Waals surface area contributed by atoms with Crippen molar-refractivity contribution in [2.75, 3.05) is 13.1 Å². The number of rotatable bonds is 5. The lowest BCUT2D eigenvalue weighted by Gasteiger charge is -2.27. The van der Waals surface area contributed by atoms with E-state index in [4.69, 9.17) is 4.52 Å². The molecule has 1 aromatic carbocycles. The summed E-state index contributed by atoms with van der Waals surface area (Å²) in [5, 5.41) is 4.04. The minimum atomic E-state index is -0.0883. The van der Waals surface area contributed by atoms with Crippen molar-refractivity contribution in [2.45, 2.75) is 32.7 Å². The number of ketones is 1. The molecule has 1 aliphatic heterocycles. The van der Waals surface area contributed by atoms with Crippen LogP contribution >= 0.6 is 0 Å². The van der Waals surface area contributed by atoms with Crippen molar-refractivity contribution < 1.29 is 9.32 Å². The molecule has 3 rings (SSSR count). The molecule has 0 aliphatic carbocycles. The Morgan fingerprint density at radius 1 is 1.18 bits per heavy atom. The zero-order valence-corrected chi connectivity index (χ0v) is 13.2. The Kier molecular flexibility index (Phi) is 4.39. The minimum Gasteiger partial charge on any atom is -0.352 e. The average molecular weight is 298 g/mol. The van der Waals surface area contributed by atoms with Crippen molar-refractivity contribution in [1.82, 2.24) is 10.1 Å². The lowest BCUT2D eigenvalue weighted by Crippen LogP contribution is -2.38. The van der Waals surface area contributed by atoms with E-state index in [-0.39, 0.29) is 17.7 Å². The molecule has 22 heavy (non-hydrogen) atoms. The molecule has 0 spiro atoms. The van der Waals surface area contributed by atoms with Gasteiger partial charge < -0.3 is 4.52 Å². The fourth-order valence-electron chi connectivity index (χ4n) is 3.04. The SMILES string of the molecule is CC(C(=O)c1cc(-c2ccccc2)no1)C(C)N1CCCC1. The van der Waals surface area contributed by atoms with Crippen molar-refractivity contribution in [3.8, 4) is 11.3 Å². The van der Waals surface area contributed by atoms with Gasteiger partial charge in [0.15, 0.2) is 0 Å². The number of Topliss-reactive ketones (excluding diaryl/α,β-unsaturated/α-hetero) is 1. The van der Waals surface area contributed by atoms with Crippen LogP contribution in [0.5, 0.6) is 0 Å². The largest absolute Gasteiger partial charge is 0.352 e. The molecule has 1 fully saturated rings. The van der Waals surface area contributed by atoms with E-state index < -0.39 is 0 Å². The summed E-state index contributed by atoms with van der Waals surface area (Å²) in [5.74, 6) is 0.307. The third-order valence-electron chi connectivity index (χ3n) is 4.68. The molecular formula is C18H22N2O2. The fourth-order valence-corrected chi connectivity index (χ4v) is 3.04. The number of carbonyl (C=O) groups is 1. The highest BCUT2D eigenvalue weighted by Crippen LogP contribution is 2.24. The third-order valence-corrected chi connectivity index (χ3v) is 4.68. The maximum absolute atomic E-state index is 12.6. The van der Waals surface area contributed by atoms with Crippen molar-refractivity contribution in [3.05, 3.63) is 42.2 Å². The number of aromatic nitrogens is 1. The van der Waals surface area contributed by atoms with Gasteiger partial charge in [-0.1, -0.05) is 42.4 Å². The molecule has 2 unspecified atom stereocenters. The smallest absolute Gasteiger partial charge is 0.205 e. The van der Waals surface area contributed by atoms with Gasteiger partial charge in [0, 0.05) is 23.6 Å². The average Bonchev–Trinajstić information content (AvgIpc) is 3.25. The molecule has 0 radical (unpaired) electrons. The Hall–Kier alpha value is -1.94. The van der Waals surface area contributed by atoms with Crippen LogP contribution in [0.2, 0.25) is 0 Å². The molecular weight excluding hydrogens is 276 g/mol. The summed E-state index contributed by atoms with van der Waals surface area (Å²) in [6.45, 7) is 6.29. The van der Waals surface area contributed by atoms with Gasteiger partial charge in [0.1, 0.15) is 5.69 Å². The van der Waals surface area contributed by atoms with Crippen molar-refractivity contribution in [3.63, 3.8) is 0 Å². The molecule has 0 saturated carbocycles. The molecule has 4 heteroatoms. The maximum atomic E-state index is 12.6. The number of carbonyl (C=O) groups excluding carboxylic acids is 1. The van der Waals surface area contributed by atoms with Gasteiger partial charge >= 0.3 is 0 Å². The summed E-state index contributed by atoms with van der Waals surface area (Å²) in [4.78, 5) is 15.0. The van der Waals surface area contributed by atoms with Gasteiger partial charge in [0.05, 0.1) is 0 Å². The number of benzene rings is 1. The summed E-state index contributed by atoms with van der Waals surface area (Å²) in [5.41, 5.74) is 1.68. The molecule has 1 aromatic heterocycles. The molecule has 2 atom stereocenters. The highest BCUT2D eigenvalue weighted by Gasteiger charge is 2.30. The van der Waals surface area contributed by atoms with E-state index in [0.29, 0.717) is 11.5 Å². The second kappa shape index (κ2) is 6.44. The maximum Gasteiger partial charge on any atom is 0.205 e. The van der Waals surface area contributed by atoms with Gasteiger partial charge in [-0.15, -0.1) is 0 Å². The van der Waals surface area contributed by atoms with E-state index in [1.165, 1.54) is 12.8 Å². The number of hydrogen-bond acceptors (Lipinski definition) is 4. The van der Waals surface area contributed by atoms with E-state index in [2.05, 4.69) is 17.0 Å². The van der Waals surface area contributed by atoms with Crippen LogP contribution in [0, 0.1) is 5.92 Å². The van der Waals surface area contributed by atoms with E-state index in [1.807, 2.05) is 37.3 Å². The monoisotopic (exact) mass is 298 g/mol. The molecule has 1 aliphatic rings. The zero-order valence-electron chi connectivity index (χ0n) is 13.2. The van der Waals surface area contributed by atoms with Crippen LogP contribution in [0.3, 0.4) is 0 Å². The second-order valence-electron chi connectivity index (χ2n) is 6.08. The molecule has 2 aromatic rings. The Morgan fingerprint density at radius 2 is 1.86 bits per heavy atom. The fraction of sp³-hybridized carbons (Fsp3) is 0.444. The molecule has 2 heterocycles. The normalized spacial score (nSPS) is 18.3. The quantitative estimate of drug-likeness (QED) is 0.791. The van der Waals surface area contributed by atoms with Crippen LogP contribution < -0.4 is 0 Å². The topological polar surface area (TPSA) is 46.3 Å².